The van der Waals surface area contributed by atoms with Crippen LogP contribution < -0.4 is 11.1 Å². The summed E-state index contributed by atoms with van der Waals surface area (Å²) in [6.45, 7) is 3.47. The van der Waals surface area contributed by atoms with Gasteiger partial charge >= 0.3 is 0 Å². The van der Waals surface area contributed by atoms with Crippen molar-refractivity contribution in [1.82, 2.24) is 19.9 Å². The molecule has 1 fully saturated rings. The van der Waals surface area contributed by atoms with Crippen molar-refractivity contribution in [2.24, 2.45) is 5.92 Å². The molecule has 27 heavy (non-hydrogen) atoms. The van der Waals surface area contributed by atoms with Crippen molar-refractivity contribution in [3.05, 3.63) is 30.1 Å². The van der Waals surface area contributed by atoms with Crippen LogP contribution in [-0.2, 0) is 11.3 Å². The first-order valence-electron chi connectivity index (χ1n) is 9.94. The van der Waals surface area contributed by atoms with Gasteiger partial charge in [-0.3, -0.25) is 4.79 Å². The number of carbonyl (C=O) groups is 1. The number of nitrogens with two attached hydrogens (primary N) is 1. The molecule has 4 rings (SSSR count). The van der Waals surface area contributed by atoms with E-state index in [2.05, 4.69) is 25.9 Å². The third-order valence-corrected chi connectivity index (χ3v) is 5.63. The summed E-state index contributed by atoms with van der Waals surface area (Å²) in [5.74, 6) is 1.83. The topological polar surface area (TPSA) is 85.8 Å². The lowest BCUT2D eigenvalue weighted by Gasteiger charge is -2.20. The lowest BCUT2D eigenvalue weighted by molar-refractivity contribution is -0.125. The minimum Gasteiger partial charge on any atom is -0.382 e. The van der Waals surface area contributed by atoms with Crippen molar-refractivity contribution >= 4 is 33.7 Å². The number of benzene rings is 1. The second-order valence-corrected chi connectivity index (χ2v) is 7.50. The first-order valence-corrected chi connectivity index (χ1v) is 9.94. The zero-order chi connectivity index (χ0) is 18.8. The van der Waals surface area contributed by atoms with E-state index in [0.29, 0.717) is 12.4 Å². The smallest absolute Gasteiger partial charge is 0.223 e. The summed E-state index contributed by atoms with van der Waals surface area (Å²) in [4.78, 5) is 21.4. The van der Waals surface area contributed by atoms with Gasteiger partial charge in [-0.05, 0) is 32.3 Å². The maximum Gasteiger partial charge on any atom is 0.223 e. The van der Waals surface area contributed by atoms with Crippen LogP contribution in [0.15, 0.2) is 24.3 Å². The minimum absolute atomic E-state index is 0.212. The normalized spacial score (nSPS) is 15.4. The molecule has 1 aromatic carbocycles. The highest BCUT2D eigenvalue weighted by molar-refractivity contribution is 6.06. The summed E-state index contributed by atoms with van der Waals surface area (Å²) < 4.78 is 2.20. The fourth-order valence-corrected chi connectivity index (χ4v) is 4.20. The van der Waals surface area contributed by atoms with Gasteiger partial charge in [0, 0.05) is 24.4 Å². The van der Waals surface area contributed by atoms with Crippen LogP contribution in [0.3, 0.4) is 0 Å². The van der Waals surface area contributed by atoms with Crippen LogP contribution in [-0.4, -0.2) is 27.0 Å². The average molecular weight is 365 g/mol. The van der Waals surface area contributed by atoms with E-state index in [1.165, 1.54) is 19.3 Å². The van der Waals surface area contributed by atoms with Gasteiger partial charge in [0.15, 0.2) is 5.82 Å². The molecular weight excluding hydrogens is 338 g/mol. The molecule has 6 heteroatoms. The van der Waals surface area contributed by atoms with Crippen molar-refractivity contribution in [2.75, 3.05) is 12.3 Å². The predicted octanol–water partition coefficient (Wildman–Crippen LogP) is 3.56. The summed E-state index contributed by atoms with van der Waals surface area (Å²) in [6, 6.07) is 8.01. The zero-order valence-corrected chi connectivity index (χ0v) is 15.9. The number of rotatable bonds is 5. The van der Waals surface area contributed by atoms with Crippen molar-refractivity contribution in [3.8, 4) is 0 Å². The monoisotopic (exact) mass is 365 g/mol. The van der Waals surface area contributed by atoms with Gasteiger partial charge in [0.05, 0.1) is 11.0 Å². The third kappa shape index (κ3) is 3.48. The van der Waals surface area contributed by atoms with Gasteiger partial charge in [0.25, 0.3) is 0 Å². The maximum absolute atomic E-state index is 12.3. The average Bonchev–Trinajstić information content (AvgIpc) is 3.03. The van der Waals surface area contributed by atoms with Crippen LogP contribution in [0.1, 0.15) is 44.3 Å². The molecule has 0 atom stereocenters. The third-order valence-electron chi connectivity index (χ3n) is 5.63. The van der Waals surface area contributed by atoms with Crippen molar-refractivity contribution < 1.29 is 4.79 Å². The van der Waals surface area contributed by atoms with Gasteiger partial charge in [-0.1, -0.05) is 37.5 Å². The van der Waals surface area contributed by atoms with E-state index in [9.17, 15) is 4.79 Å². The summed E-state index contributed by atoms with van der Waals surface area (Å²) >= 11 is 0. The zero-order valence-electron chi connectivity index (χ0n) is 15.9. The van der Waals surface area contributed by atoms with Crippen molar-refractivity contribution in [2.45, 2.75) is 52.0 Å². The molecule has 2 aromatic heterocycles. The summed E-state index contributed by atoms with van der Waals surface area (Å²) in [5.41, 5.74) is 8.82. The molecule has 0 unspecified atom stereocenters. The molecule has 3 aromatic rings. The van der Waals surface area contributed by atoms with Crippen LogP contribution in [0.2, 0.25) is 0 Å². The summed E-state index contributed by atoms with van der Waals surface area (Å²) in [6.07, 6.45) is 6.57. The number of anilines is 1. The molecule has 0 bridgehead atoms. The van der Waals surface area contributed by atoms with E-state index < -0.39 is 0 Å². The Balaban J connectivity index is 1.49. The number of aryl methyl sites for hydroxylation is 2. The standard InChI is InChI=1S/C21H27N5O/c1-14-24-18-19(16-10-5-6-11-17(16)25-20(18)22)26(14)13-7-12-23-21(27)15-8-3-2-4-9-15/h5-6,10-11,15H,2-4,7-9,12-13H2,1H3,(H2,22,25)(H,23,27). The molecule has 6 nitrogen and oxygen atoms in total. The number of aromatic nitrogens is 3. The number of hydrogen-bond donors (Lipinski definition) is 2. The highest BCUT2D eigenvalue weighted by atomic mass is 16.1. The summed E-state index contributed by atoms with van der Waals surface area (Å²) in [7, 11) is 0. The van der Waals surface area contributed by atoms with Gasteiger partial charge in [-0.15, -0.1) is 0 Å². The van der Waals surface area contributed by atoms with Gasteiger partial charge in [0.1, 0.15) is 11.3 Å². The Hall–Kier alpha value is -2.63. The van der Waals surface area contributed by atoms with Crippen LogP contribution in [0.25, 0.3) is 21.9 Å². The van der Waals surface area contributed by atoms with E-state index in [-0.39, 0.29) is 11.8 Å². The largest absolute Gasteiger partial charge is 0.382 e. The van der Waals surface area contributed by atoms with E-state index >= 15 is 0 Å². The minimum atomic E-state index is 0.212. The molecule has 0 aliphatic heterocycles. The predicted molar refractivity (Wildman–Crippen MR) is 108 cm³/mol. The van der Waals surface area contributed by atoms with Gasteiger partial charge < -0.3 is 15.6 Å². The van der Waals surface area contributed by atoms with Crippen molar-refractivity contribution in [1.29, 1.82) is 0 Å². The van der Waals surface area contributed by atoms with Gasteiger partial charge in [0.2, 0.25) is 5.91 Å². The number of imidazole rings is 1. The van der Waals surface area contributed by atoms with Crippen molar-refractivity contribution in [3.63, 3.8) is 0 Å². The molecule has 1 aliphatic carbocycles. The Kier molecular flexibility index (Phi) is 4.97. The Labute approximate surface area is 159 Å². The SMILES string of the molecule is Cc1nc2c(N)nc3ccccc3c2n1CCCNC(=O)C1CCCCC1. The highest BCUT2D eigenvalue weighted by Gasteiger charge is 2.20. The molecular formula is C21H27N5O. The second kappa shape index (κ2) is 7.55. The molecule has 0 spiro atoms. The highest BCUT2D eigenvalue weighted by Crippen LogP contribution is 2.28. The molecule has 0 saturated heterocycles. The van der Waals surface area contributed by atoms with E-state index in [1.54, 1.807) is 0 Å². The number of nitrogens with one attached hydrogen (secondary N) is 1. The fourth-order valence-electron chi connectivity index (χ4n) is 4.20. The quantitative estimate of drug-likeness (QED) is 0.677. The number of hydrogen-bond acceptors (Lipinski definition) is 4. The van der Waals surface area contributed by atoms with Crippen LogP contribution in [0, 0.1) is 12.8 Å². The molecule has 1 saturated carbocycles. The van der Waals surface area contributed by atoms with Crippen LogP contribution >= 0.6 is 0 Å². The van der Waals surface area contributed by atoms with Crippen LogP contribution in [0.4, 0.5) is 5.82 Å². The number of nitrogen functional groups attached to an aromatic ring is 1. The Bertz CT molecular complexity index is 972. The van der Waals surface area contributed by atoms with E-state index in [0.717, 1.165) is 53.6 Å². The lowest BCUT2D eigenvalue weighted by atomic mass is 9.89. The number of fused-ring (bicyclic) bond motifs is 3. The number of nitrogens with zero attached hydrogens (tertiary/aromatic N) is 3. The van der Waals surface area contributed by atoms with E-state index in [4.69, 9.17) is 5.73 Å². The molecule has 1 amide bonds. The Morgan fingerprint density at radius 2 is 2.00 bits per heavy atom. The van der Waals surface area contributed by atoms with Gasteiger partial charge in [-0.25, -0.2) is 9.97 Å². The molecule has 0 radical (unpaired) electrons. The number of amides is 1. The number of para-hydroxylation sites is 1. The first kappa shape index (κ1) is 17.8. The Morgan fingerprint density at radius 1 is 1.22 bits per heavy atom. The number of carbonyl (C=O) groups excluding carboxylic acids is 1. The summed E-state index contributed by atoms with van der Waals surface area (Å²) in [5, 5.41) is 4.18. The van der Waals surface area contributed by atoms with Crippen LogP contribution in [0.5, 0.6) is 0 Å². The molecule has 3 N–H and O–H groups in total. The Morgan fingerprint density at radius 3 is 2.81 bits per heavy atom. The fraction of sp³-hybridized carbons (Fsp3) is 0.476. The first-order chi connectivity index (χ1) is 13.1. The number of pyridine rings is 1. The second-order valence-electron chi connectivity index (χ2n) is 7.50. The molecule has 142 valence electrons. The van der Waals surface area contributed by atoms with E-state index in [1.807, 2.05) is 25.1 Å². The lowest BCUT2D eigenvalue weighted by Crippen LogP contribution is -2.32. The maximum atomic E-state index is 12.3. The molecule has 1 aliphatic rings. The van der Waals surface area contributed by atoms with Gasteiger partial charge in [-0.2, -0.15) is 0 Å². The molecule has 2 heterocycles.